The number of phenols is 1. The highest BCUT2D eigenvalue weighted by Crippen LogP contribution is 2.24. The molecule has 0 aromatic heterocycles. The molecule has 1 saturated heterocycles. The predicted octanol–water partition coefficient (Wildman–Crippen LogP) is 2.72. The van der Waals surface area contributed by atoms with Crippen molar-refractivity contribution in [1.29, 1.82) is 0 Å². The van der Waals surface area contributed by atoms with Gasteiger partial charge in [0.1, 0.15) is 5.75 Å². The molecule has 17 heavy (non-hydrogen) atoms. The van der Waals surface area contributed by atoms with Gasteiger partial charge in [0.05, 0.1) is 0 Å². The third kappa shape index (κ3) is 2.28. The van der Waals surface area contributed by atoms with Crippen molar-refractivity contribution in [2.24, 2.45) is 0 Å². The van der Waals surface area contributed by atoms with Crippen molar-refractivity contribution in [1.82, 2.24) is 4.90 Å². The van der Waals surface area contributed by atoms with E-state index in [4.69, 9.17) is 0 Å². The van der Waals surface area contributed by atoms with Crippen LogP contribution in [0.4, 0.5) is 0 Å². The van der Waals surface area contributed by atoms with Crippen LogP contribution in [0.15, 0.2) is 18.2 Å². The van der Waals surface area contributed by atoms with Gasteiger partial charge in [0.15, 0.2) is 0 Å². The van der Waals surface area contributed by atoms with Crippen LogP contribution in [0.1, 0.15) is 42.1 Å². The first-order chi connectivity index (χ1) is 8.13. The molecule has 0 spiro atoms. The Morgan fingerprint density at radius 1 is 1.53 bits per heavy atom. The number of benzene rings is 1. The number of aromatic hydroxyl groups is 1. The van der Waals surface area contributed by atoms with Gasteiger partial charge in [-0.25, -0.2) is 0 Å². The lowest BCUT2D eigenvalue weighted by molar-refractivity contribution is 0.0733. The van der Waals surface area contributed by atoms with Crippen LogP contribution >= 0.6 is 0 Å². The van der Waals surface area contributed by atoms with Crippen LogP contribution in [-0.2, 0) is 0 Å². The summed E-state index contributed by atoms with van der Waals surface area (Å²) >= 11 is 0. The Bertz CT molecular complexity index is 428. The summed E-state index contributed by atoms with van der Waals surface area (Å²) < 4.78 is 0. The summed E-state index contributed by atoms with van der Waals surface area (Å²) in [7, 11) is 0. The number of carbonyl (C=O) groups excluding carboxylic acids is 1. The van der Waals surface area contributed by atoms with E-state index in [1.807, 2.05) is 11.8 Å². The van der Waals surface area contributed by atoms with E-state index in [9.17, 15) is 9.90 Å². The Labute approximate surface area is 102 Å². The fourth-order valence-corrected chi connectivity index (χ4v) is 2.44. The summed E-state index contributed by atoms with van der Waals surface area (Å²) in [5, 5.41) is 9.64. The SMILES string of the molecule is CCC1CCCN1C(=O)c1ccc(C)c(O)c1. The Balaban J connectivity index is 2.21. The zero-order valence-corrected chi connectivity index (χ0v) is 10.4. The lowest BCUT2D eigenvalue weighted by atomic mass is 10.1. The maximum Gasteiger partial charge on any atom is 0.254 e. The first-order valence-electron chi connectivity index (χ1n) is 6.24. The lowest BCUT2D eigenvalue weighted by Crippen LogP contribution is -2.35. The molecule has 1 fully saturated rings. The van der Waals surface area contributed by atoms with Crippen LogP contribution in [0.3, 0.4) is 0 Å². The van der Waals surface area contributed by atoms with E-state index in [-0.39, 0.29) is 11.7 Å². The molecule has 0 aliphatic carbocycles. The predicted molar refractivity (Wildman–Crippen MR) is 67.2 cm³/mol. The van der Waals surface area contributed by atoms with E-state index in [1.54, 1.807) is 18.2 Å². The van der Waals surface area contributed by atoms with E-state index >= 15 is 0 Å². The van der Waals surface area contributed by atoms with Gasteiger partial charge < -0.3 is 10.0 Å². The molecule has 1 aromatic rings. The van der Waals surface area contributed by atoms with Gasteiger partial charge in [0.2, 0.25) is 0 Å². The van der Waals surface area contributed by atoms with E-state index in [0.29, 0.717) is 11.6 Å². The first-order valence-corrected chi connectivity index (χ1v) is 6.24. The average molecular weight is 233 g/mol. The quantitative estimate of drug-likeness (QED) is 0.853. The van der Waals surface area contributed by atoms with Gasteiger partial charge in [-0.3, -0.25) is 4.79 Å². The maximum absolute atomic E-state index is 12.3. The zero-order valence-electron chi connectivity index (χ0n) is 10.4. The van der Waals surface area contributed by atoms with E-state index in [1.165, 1.54) is 0 Å². The highest BCUT2D eigenvalue weighted by atomic mass is 16.3. The highest BCUT2D eigenvalue weighted by molar-refractivity contribution is 5.95. The van der Waals surface area contributed by atoms with Crippen LogP contribution in [-0.4, -0.2) is 28.5 Å². The van der Waals surface area contributed by atoms with E-state index in [0.717, 1.165) is 31.4 Å². The van der Waals surface area contributed by atoms with E-state index in [2.05, 4.69) is 6.92 Å². The molecule has 1 amide bonds. The molecule has 1 N–H and O–H groups in total. The number of phenolic OH excluding ortho intramolecular Hbond substituents is 1. The van der Waals surface area contributed by atoms with Crippen molar-refractivity contribution in [3.8, 4) is 5.75 Å². The molecule has 0 saturated carbocycles. The number of hydrogen-bond acceptors (Lipinski definition) is 2. The van der Waals surface area contributed by atoms with Crippen molar-refractivity contribution in [2.75, 3.05) is 6.54 Å². The third-order valence-corrected chi connectivity index (χ3v) is 3.57. The molecule has 1 unspecified atom stereocenters. The summed E-state index contributed by atoms with van der Waals surface area (Å²) in [4.78, 5) is 14.2. The summed E-state index contributed by atoms with van der Waals surface area (Å²) in [6.07, 6.45) is 3.19. The second-order valence-electron chi connectivity index (χ2n) is 4.70. The smallest absolute Gasteiger partial charge is 0.254 e. The largest absolute Gasteiger partial charge is 0.508 e. The van der Waals surface area contributed by atoms with Gasteiger partial charge in [0.25, 0.3) is 5.91 Å². The maximum atomic E-state index is 12.3. The lowest BCUT2D eigenvalue weighted by Gasteiger charge is -2.23. The monoisotopic (exact) mass is 233 g/mol. The van der Waals surface area contributed by atoms with Crippen molar-refractivity contribution in [2.45, 2.75) is 39.2 Å². The molecule has 3 heteroatoms. The number of hydrogen-bond donors (Lipinski definition) is 1. The first kappa shape index (κ1) is 12.0. The molecule has 0 bridgehead atoms. The minimum atomic E-state index is 0.0460. The average Bonchev–Trinajstić information content (AvgIpc) is 2.80. The van der Waals surface area contributed by atoms with Crippen LogP contribution in [0.2, 0.25) is 0 Å². The fourth-order valence-electron chi connectivity index (χ4n) is 2.44. The standard InChI is InChI=1S/C14H19NO2/c1-3-12-5-4-8-15(12)14(17)11-7-6-10(2)13(16)9-11/h6-7,9,12,16H,3-5,8H2,1-2H3. The summed E-state index contributed by atoms with van der Waals surface area (Å²) in [5.74, 6) is 0.243. The van der Waals surface area contributed by atoms with E-state index < -0.39 is 0 Å². The molecular formula is C14H19NO2. The number of amides is 1. The number of rotatable bonds is 2. The van der Waals surface area contributed by atoms with Gasteiger partial charge in [-0.05, 0) is 43.9 Å². The Kier molecular flexibility index (Phi) is 3.36. The van der Waals surface area contributed by atoms with Gasteiger partial charge in [0, 0.05) is 18.2 Å². The Morgan fingerprint density at radius 2 is 2.29 bits per heavy atom. The molecule has 1 atom stereocenters. The third-order valence-electron chi connectivity index (χ3n) is 3.57. The van der Waals surface area contributed by atoms with Crippen LogP contribution in [0.25, 0.3) is 0 Å². The zero-order chi connectivity index (χ0) is 12.4. The minimum absolute atomic E-state index is 0.0460. The second-order valence-corrected chi connectivity index (χ2v) is 4.70. The molecule has 1 aliphatic rings. The molecule has 1 aliphatic heterocycles. The van der Waals surface area contributed by atoms with Gasteiger partial charge in [-0.1, -0.05) is 13.0 Å². The molecule has 92 valence electrons. The summed E-state index contributed by atoms with van der Waals surface area (Å²) in [6, 6.07) is 5.52. The van der Waals surface area contributed by atoms with Crippen molar-refractivity contribution in [3.05, 3.63) is 29.3 Å². The second kappa shape index (κ2) is 4.78. The van der Waals surface area contributed by atoms with Crippen LogP contribution in [0.5, 0.6) is 5.75 Å². The molecule has 1 aromatic carbocycles. The van der Waals surface area contributed by atoms with Crippen molar-refractivity contribution >= 4 is 5.91 Å². The van der Waals surface area contributed by atoms with Gasteiger partial charge >= 0.3 is 0 Å². The van der Waals surface area contributed by atoms with Gasteiger partial charge in [-0.15, -0.1) is 0 Å². The summed E-state index contributed by atoms with van der Waals surface area (Å²) in [6.45, 7) is 4.78. The fraction of sp³-hybridized carbons (Fsp3) is 0.500. The number of carbonyl (C=O) groups is 1. The Morgan fingerprint density at radius 3 is 2.94 bits per heavy atom. The normalized spacial score (nSPS) is 19.6. The molecule has 1 heterocycles. The number of nitrogens with zero attached hydrogens (tertiary/aromatic N) is 1. The molecular weight excluding hydrogens is 214 g/mol. The number of likely N-dealkylation sites (tertiary alicyclic amines) is 1. The molecule has 3 nitrogen and oxygen atoms in total. The topological polar surface area (TPSA) is 40.5 Å². The Hall–Kier alpha value is -1.51. The number of aryl methyl sites for hydroxylation is 1. The van der Waals surface area contributed by atoms with Crippen LogP contribution in [0, 0.1) is 6.92 Å². The molecule has 0 radical (unpaired) electrons. The van der Waals surface area contributed by atoms with Gasteiger partial charge in [-0.2, -0.15) is 0 Å². The molecule has 2 rings (SSSR count). The highest BCUT2D eigenvalue weighted by Gasteiger charge is 2.28. The minimum Gasteiger partial charge on any atom is -0.508 e. The van der Waals surface area contributed by atoms with Crippen molar-refractivity contribution in [3.63, 3.8) is 0 Å². The summed E-state index contributed by atoms with van der Waals surface area (Å²) in [5.41, 5.74) is 1.39. The van der Waals surface area contributed by atoms with Crippen molar-refractivity contribution < 1.29 is 9.90 Å². The van der Waals surface area contributed by atoms with Crippen LogP contribution < -0.4 is 0 Å².